The van der Waals surface area contributed by atoms with Gasteiger partial charge in [0.25, 0.3) is 10.0 Å². The molecule has 0 atom stereocenters. The van der Waals surface area contributed by atoms with Crippen LogP contribution in [-0.2, 0) is 23.6 Å². The molecule has 0 aliphatic carbocycles. The van der Waals surface area contributed by atoms with Gasteiger partial charge in [0.2, 0.25) is 5.03 Å². The lowest BCUT2D eigenvalue weighted by molar-refractivity contribution is 0.578. The van der Waals surface area contributed by atoms with Crippen LogP contribution in [0.5, 0.6) is 0 Å². The Balaban J connectivity index is 2.13. The molecule has 1 N–H and O–H groups in total. The molecule has 1 aromatic carbocycles. The van der Waals surface area contributed by atoms with Crippen LogP contribution in [0.4, 0.5) is 0 Å². The van der Waals surface area contributed by atoms with Crippen LogP contribution in [0.15, 0.2) is 35.6 Å². The summed E-state index contributed by atoms with van der Waals surface area (Å²) in [7, 11) is -2.16. The Kier molecular flexibility index (Phi) is 4.09. The normalized spacial score (nSPS) is 11.2. The maximum absolute atomic E-state index is 12.0. The van der Waals surface area contributed by atoms with Gasteiger partial charge in [-0.2, -0.15) is 5.26 Å². The van der Waals surface area contributed by atoms with Crippen LogP contribution in [0.25, 0.3) is 0 Å². The second-order valence-corrected chi connectivity index (χ2v) is 6.12. The Morgan fingerprint density at radius 1 is 1.40 bits per heavy atom. The topological polar surface area (TPSA) is 87.8 Å². The Hall–Kier alpha value is -1.88. The van der Waals surface area contributed by atoms with E-state index in [-0.39, 0.29) is 16.7 Å². The largest absolute Gasteiger partial charge is 0.324 e. The number of aryl methyl sites for hydroxylation is 1. The van der Waals surface area contributed by atoms with Gasteiger partial charge < -0.3 is 4.57 Å². The monoisotopic (exact) mass is 310 g/mol. The molecule has 1 aromatic heterocycles. The molecule has 0 spiro atoms. The van der Waals surface area contributed by atoms with Crippen molar-refractivity contribution in [2.45, 2.75) is 11.6 Å². The van der Waals surface area contributed by atoms with Crippen LogP contribution in [-0.4, -0.2) is 18.0 Å². The zero-order valence-electron chi connectivity index (χ0n) is 10.5. The minimum atomic E-state index is -3.76. The predicted octanol–water partition coefficient (Wildman–Crippen LogP) is 1.42. The molecule has 0 radical (unpaired) electrons. The van der Waals surface area contributed by atoms with E-state index < -0.39 is 10.0 Å². The van der Waals surface area contributed by atoms with Crippen molar-refractivity contribution in [3.05, 3.63) is 46.9 Å². The quantitative estimate of drug-likeness (QED) is 0.925. The number of nitrogens with one attached hydrogen (secondary N) is 1. The number of rotatable bonds is 4. The van der Waals surface area contributed by atoms with Crippen molar-refractivity contribution >= 4 is 21.6 Å². The summed E-state index contributed by atoms with van der Waals surface area (Å²) in [6.07, 6.45) is 1.33. The molecule has 0 unspecified atom stereocenters. The molecule has 0 saturated heterocycles. The molecule has 0 fully saturated rings. The highest BCUT2D eigenvalue weighted by molar-refractivity contribution is 7.89. The lowest BCUT2D eigenvalue weighted by atomic mass is 10.1. The number of hydrogen-bond donors (Lipinski definition) is 1. The van der Waals surface area contributed by atoms with Crippen molar-refractivity contribution in [1.29, 1.82) is 5.26 Å². The number of nitriles is 1. The minimum absolute atomic E-state index is 0.0531. The van der Waals surface area contributed by atoms with Crippen molar-refractivity contribution in [2.75, 3.05) is 0 Å². The molecular formula is C12H11ClN4O2S. The van der Waals surface area contributed by atoms with Gasteiger partial charge >= 0.3 is 0 Å². The first-order valence-electron chi connectivity index (χ1n) is 5.59. The second kappa shape index (κ2) is 5.63. The van der Waals surface area contributed by atoms with E-state index in [0.717, 1.165) is 5.56 Å². The third-order valence-electron chi connectivity index (χ3n) is 2.64. The summed E-state index contributed by atoms with van der Waals surface area (Å²) in [4.78, 5) is 3.76. The Morgan fingerprint density at radius 3 is 2.55 bits per heavy atom. The molecule has 0 saturated carbocycles. The molecule has 2 rings (SSSR count). The number of imidazole rings is 1. The number of sulfonamides is 1. The molecule has 0 bridgehead atoms. The van der Waals surface area contributed by atoms with Crippen molar-refractivity contribution in [1.82, 2.24) is 14.3 Å². The smallest absolute Gasteiger partial charge is 0.261 e. The summed E-state index contributed by atoms with van der Waals surface area (Å²) >= 11 is 5.86. The fraction of sp³-hybridized carbons (Fsp3) is 0.167. The second-order valence-electron chi connectivity index (χ2n) is 4.08. The molecule has 2 aromatic rings. The number of aromatic nitrogens is 2. The van der Waals surface area contributed by atoms with E-state index in [1.807, 2.05) is 6.07 Å². The SMILES string of the molecule is Cn1cnc(S(=O)(=O)NCc2ccc(C#N)cc2)c1Cl. The van der Waals surface area contributed by atoms with Gasteiger partial charge in [-0.25, -0.2) is 18.1 Å². The fourth-order valence-corrected chi connectivity index (χ4v) is 2.96. The molecule has 6 nitrogen and oxygen atoms in total. The van der Waals surface area contributed by atoms with E-state index in [2.05, 4.69) is 9.71 Å². The van der Waals surface area contributed by atoms with Crippen LogP contribution in [0.2, 0.25) is 5.15 Å². The van der Waals surface area contributed by atoms with Gasteiger partial charge in [-0.1, -0.05) is 23.7 Å². The van der Waals surface area contributed by atoms with E-state index >= 15 is 0 Å². The molecule has 8 heteroatoms. The third kappa shape index (κ3) is 2.99. The van der Waals surface area contributed by atoms with Gasteiger partial charge in [-0.15, -0.1) is 0 Å². The predicted molar refractivity (Wildman–Crippen MR) is 73.4 cm³/mol. The summed E-state index contributed by atoms with van der Waals surface area (Å²) in [5.41, 5.74) is 1.25. The first-order chi connectivity index (χ1) is 9.44. The van der Waals surface area contributed by atoms with Crippen LogP contribution in [0.1, 0.15) is 11.1 Å². The van der Waals surface area contributed by atoms with Crippen molar-refractivity contribution < 1.29 is 8.42 Å². The van der Waals surface area contributed by atoms with Crippen molar-refractivity contribution in [3.8, 4) is 6.07 Å². The van der Waals surface area contributed by atoms with Gasteiger partial charge in [0, 0.05) is 13.6 Å². The van der Waals surface area contributed by atoms with E-state index in [4.69, 9.17) is 16.9 Å². The molecule has 1 heterocycles. The fourth-order valence-electron chi connectivity index (χ4n) is 1.52. The number of hydrogen-bond acceptors (Lipinski definition) is 4. The summed E-state index contributed by atoms with van der Waals surface area (Å²) in [6, 6.07) is 8.60. The summed E-state index contributed by atoms with van der Waals surface area (Å²) < 4.78 is 27.9. The average Bonchev–Trinajstić information content (AvgIpc) is 2.78. The standard InChI is InChI=1S/C12H11ClN4O2S/c1-17-8-15-12(11(17)13)20(18,19)16-7-10-4-2-9(6-14)3-5-10/h2-5,8,16H,7H2,1H3. The van der Waals surface area contributed by atoms with Crippen LogP contribution in [0.3, 0.4) is 0 Å². The highest BCUT2D eigenvalue weighted by Crippen LogP contribution is 2.18. The van der Waals surface area contributed by atoms with E-state index in [0.29, 0.717) is 5.56 Å². The first kappa shape index (κ1) is 14.5. The van der Waals surface area contributed by atoms with E-state index in [1.54, 1.807) is 31.3 Å². The number of halogens is 1. The Labute approximate surface area is 121 Å². The Bertz CT molecular complexity index is 760. The molecule has 104 valence electrons. The minimum Gasteiger partial charge on any atom is -0.324 e. The summed E-state index contributed by atoms with van der Waals surface area (Å²) in [6.45, 7) is 0.0982. The van der Waals surface area contributed by atoms with Crippen molar-refractivity contribution in [2.24, 2.45) is 7.05 Å². The first-order valence-corrected chi connectivity index (χ1v) is 7.45. The lowest BCUT2D eigenvalue weighted by Crippen LogP contribution is -2.24. The van der Waals surface area contributed by atoms with Crippen LogP contribution < -0.4 is 4.72 Å². The molecule has 20 heavy (non-hydrogen) atoms. The van der Waals surface area contributed by atoms with Gasteiger partial charge in [0.05, 0.1) is 18.0 Å². The van der Waals surface area contributed by atoms with E-state index in [1.165, 1.54) is 10.9 Å². The maximum Gasteiger partial charge on any atom is 0.261 e. The van der Waals surface area contributed by atoms with E-state index in [9.17, 15) is 8.42 Å². The van der Waals surface area contributed by atoms with Crippen molar-refractivity contribution in [3.63, 3.8) is 0 Å². The number of benzene rings is 1. The highest BCUT2D eigenvalue weighted by atomic mass is 35.5. The van der Waals surface area contributed by atoms with Gasteiger partial charge in [-0.3, -0.25) is 0 Å². The summed E-state index contributed by atoms with van der Waals surface area (Å²) in [5, 5.41) is 8.54. The Morgan fingerprint density at radius 2 is 2.05 bits per heavy atom. The molecular weight excluding hydrogens is 300 g/mol. The highest BCUT2D eigenvalue weighted by Gasteiger charge is 2.21. The van der Waals surface area contributed by atoms with Gasteiger partial charge in [0.15, 0.2) is 0 Å². The maximum atomic E-state index is 12.0. The van der Waals surface area contributed by atoms with Gasteiger partial charge in [-0.05, 0) is 17.7 Å². The third-order valence-corrected chi connectivity index (χ3v) is 4.53. The lowest BCUT2D eigenvalue weighted by Gasteiger charge is -2.05. The van der Waals surface area contributed by atoms with Crippen LogP contribution >= 0.6 is 11.6 Å². The zero-order chi connectivity index (χ0) is 14.8. The molecule has 0 aliphatic rings. The van der Waals surface area contributed by atoms with Gasteiger partial charge in [0.1, 0.15) is 5.15 Å². The molecule has 0 aliphatic heterocycles. The zero-order valence-corrected chi connectivity index (χ0v) is 12.1. The number of nitrogens with zero attached hydrogens (tertiary/aromatic N) is 3. The van der Waals surface area contributed by atoms with Crippen LogP contribution in [0, 0.1) is 11.3 Å². The summed E-state index contributed by atoms with van der Waals surface area (Å²) in [5.74, 6) is 0. The molecule has 0 amide bonds. The average molecular weight is 311 g/mol.